The minimum absolute atomic E-state index is 0.762. The number of nitrogens with one attached hydrogen (secondary N) is 1. The van der Waals surface area contributed by atoms with Gasteiger partial charge in [0.05, 0.1) is 0 Å². The first-order valence-electron chi connectivity index (χ1n) is 8.20. The summed E-state index contributed by atoms with van der Waals surface area (Å²) in [6.45, 7) is 8.88. The fourth-order valence-electron chi connectivity index (χ4n) is 2.84. The molecule has 0 aromatic heterocycles. The van der Waals surface area contributed by atoms with Crippen LogP contribution in [0.5, 0.6) is 0 Å². The molecule has 2 unspecified atom stereocenters. The van der Waals surface area contributed by atoms with E-state index in [0.717, 1.165) is 29.8 Å². The van der Waals surface area contributed by atoms with Gasteiger partial charge in [-0.15, -0.1) is 0 Å². The molecule has 0 bridgehead atoms. The van der Waals surface area contributed by atoms with Gasteiger partial charge in [0.15, 0.2) is 0 Å². The molecule has 0 spiro atoms. The molecule has 0 saturated heterocycles. The number of hydrogen-bond acceptors (Lipinski definition) is 2. The van der Waals surface area contributed by atoms with E-state index in [-0.39, 0.29) is 0 Å². The maximum atomic E-state index is 3.70. The highest BCUT2D eigenvalue weighted by Crippen LogP contribution is 2.35. The van der Waals surface area contributed by atoms with Crippen molar-refractivity contribution in [3.05, 3.63) is 0 Å². The third kappa shape index (κ3) is 3.96. The summed E-state index contributed by atoms with van der Waals surface area (Å²) in [5.41, 5.74) is 0. The Hall–Kier alpha value is -0.0800. The van der Waals surface area contributed by atoms with E-state index in [2.05, 4.69) is 24.1 Å². The molecule has 1 N–H and O–H groups in total. The van der Waals surface area contributed by atoms with E-state index >= 15 is 0 Å². The van der Waals surface area contributed by atoms with Crippen molar-refractivity contribution in [2.24, 2.45) is 17.8 Å². The van der Waals surface area contributed by atoms with Gasteiger partial charge in [-0.25, -0.2) is 0 Å². The van der Waals surface area contributed by atoms with E-state index in [9.17, 15) is 0 Å². The molecule has 3 rings (SSSR count). The van der Waals surface area contributed by atoms with Crippen LogP contribution >= 0.6 is 0 Å². The van der Waals surface area contributed by atoms with Gasteiger partial charge in [-0.1, -0.05) is 6.92 Å². The van der Waals surface area contributed by atoms with Crippen molar-refractivity contribution in [1.82, 2.24) is 10.2 Å². The maximum Gasteiger partial charge on any atom is 0.0105 e. The molecule has 0 heterocycles. The summed E-state index contributed by atoms with van der Waals surface area (Å²) >= 11 is 0. The molecule has 2 nitrogen and oxygen atoms in total. The van der Waals surface area contributed by atoms with Gasteiger partial charge in [-0.3, -0.25) is 4.90 Å². The predicted molar refractivity (Wildman–Crippen MR) is 76.7 cm³/mol. The third-order valence-corrected chi connectivity index (χ3v) is 5.08. The molecule has 0 aromatic rings. The first kappa shape index (κ1) is 12.9. The van der Waals surface area contributed by atoms with Crippen LogP contribution in [0.3, 0.4) is 0 Å². The molecule has 3 fully saturated rings. The van der Waals surface area contributed by atoms with Crippen molar-refractivity contribution < 1.29 is 0 Å². The molecule has 104 valence electrons. The quantitative estimate of drug-likeness (QED) is 0.677. The van der Waals surface area contributed by atoms with Crippen molar-refractivity contribution in [2.75, 3.05) is 19.6 Å². The Kier molecular flexibility index (Phi) is 3.95. The first-order valence-corrected chi connectivity index (χ1v) is 8.20. The van der Waals surface area contributed by atoms with Gasteiger partial charge in [0.2, 0.25) is 0 Å². The zero-order chi connectivity index (χ0) is 12.5. The zero-order valence-corrected chi connectivity index (χ0v) is 12.2. The molecule has 2 heteroatoms. The molecule has 3 aliphatic carbocycles. The largest absolute Gasteiger partial charge is 0.314 e. The minimum atomic E-state index is 0.762. The normalized spacial score (nSPS) is 27.5. The summed E-state index contributed by atoms with van der Waals surface area (Å²) in [7, 11) is 0. The molecule has 3 aliphatic rings. The van der Waals surface area contributed by atoms with Crippen molar-refractivity contribution in [3.8, 4) is 0 Å². The maximum absolute atomic E-state index is 3.70. The average molecular weight is 250 g/mol. The van der Waals surface area contributed by atoms with Crippen LogP contribution in [-0.2, 0) is 0 Å². The Morgan fingerprint density at radius 2 is 1.50 bits per heavy atom. The van der Waals surface area contributed by atoms with Gasteiger partial charge >= 0.3 is 0 Å². The van der Waals surface area contributed by atoms with Crippen molar-refractivity contribution in [2.45, 2.75) is 64.5 Å². The van der Waals surface area contributed by atoms with Gasteiger partial charge < -0.3 is 5.32 Å². The summed E-state index contributed by atoms with van der Waals surface area (Å²) in [5, 5.41) is 3.70. The van der Waals surface area contributed by atoms with Crippen LogP contribution < -0.4 is 5.32 Å². The van der Waals surface area contributed by atoms with E-state index in [0.29, 0.717) is 0 Å². The SMILES string of the molecule is CC(CNC1CC1)C(C)N(CC1CC1)CC1CC1. The van der Waals surface area contributed by atoms with Crippen LogP contribution in [0, 0.1) is 17.8 Å². The smallest absolute Gasteiger partial charge is 0.0105 e. The minimum Gasteiger partial charge on any atom is -0.314 e. The third-order valence-electron chi connectivity index (χ3n) is 5.08. The second-order valence-corrected chi connectivity index (χ2v) is 7.24. The summed E-state index contributed by atoms with van der Waals surface area (Å²) < 4.78 is 0. The second-order valence-electron chi connectivity index (χ2n) is 7.24. The van der Waals surface area contributed by atoms with Crippen molar-refractivity contribution in [3.63, 3.8) is 0 Å². The van der Waals surface area contributed by atoms with Crippen LogP contribution in [-0.4, -0.2) is 36.6 Å². The van der Waals surface area contributed by atoms with Crippen LogP contribution in [0.2, 0.25) is 0 Å². The van der Waals surface area contributed by atoms with Crippen LogP contribution in [0.1, 0.15) is 52.4 Å². The summed E-state index contributed by atoms with van der Waals surface area (Å²) in [5.74, 6) is 2.87. The number of nitrogens with zero attached hydrogens (tertiary/aromatic N) is 1. The summed E-state index contributed by atoms with van der Waals surface area (Å²) in [4.78, 5) is 2.81. The molecule has 0 amide bonds. The lowest BCUT2D eigenvalue weighted by Gasteiger charge is -2.33. The van der Waals surface area contributed by atoms with Crippen LogP contribution in [0.4, 0.5) is 0 Å². The summed E-state index contributed by atoms with van der Waals surface area (Å²) in [6.07, 6.45) is 8.78. The predicted octanol–water partition coefficient (Wildman–Crippen LogP) is 2.89. The molecule has 18 heavy (non-hydrogen) atoms. The lowest BCUT2D eigenvalue weighted by Crippen LogP contribution is -2.43. The number of hydrogen-bond donors (Lipinski definition) is 1. The average Bonchev–Trinajstić information content (AvgIpc) is 3.20. The standard InChI is InChI=1S/C16H30N2/c1-12(9-17-16-7-8-16)13(2)18(10-14-3-4-14)11-15-5-6-15/h12-17H,3-11H2,1-2H3. The van der Waals surface area contributed by atoms with E-state index in [1.807, 2.05) is 0 Å². The van der Waals surface area contributed by atoms with Gasteiger partial charge in [-0.05, 0) is 69.7 Å². The van der Waals surface area contributed by atoms with E-state index in [1.165, 1.54) is 58.2 Å². The van der Waals surface area contributed by atoms with E-state index in [4.69, 9.17) is 0 Å². The van der Waals surface area contributed by atoms with Crippen molar-refractivity contribution >= 4 is 0 Å². The highest BCUT2D eigenvalue weighted by Gasteiger charge is 2.33. The fraction of sp³-hybridized carbons (Fsp3) is 1.00. The molecule has 0 aliphatic heterocycles. The molecule has 2 atom stereocenters. The van der Waals surface area contributed by atoms with Gasteiger partial charge in [0.1, 0.15) is 0 Å². The van der Waals surface area contributed by atoms with Crippen molar-refractivity contribution in [1.29, 1.82) is 0 Å². The van der Waals surface area contributed by atoms with E-state index in [1.54, 1.807) is 0 Å². The van der Waals surface area contributed by atoms with Gasteiger partial charge in [0, 0.05) is 25.2 Å². The monoisotopic (exact) mass is 250 g/mol. The number of rotatable bonds is 9. The van der Waals surface area contributed by atoms with Gasteiger partial charge in [0.25, 0.3) is 0 Å². The van der Waals surface area contributed by atoms with Crippen LogP contribution in [0.25, 0.3) is 0 Å². The lowest BCUT2D eigenvalue weighted by atomic mass is 10.0. The molecule has 0 radical (unpaired) electrons. The molecular weight excluding hydrogens is 220 g/mol. The Balaban J connectivity index is 1.45. The van der Waals surface area contributed by atoms with Crippen LogP contribution in [0.15, 0.2) is 0 Å². The Morgan fingerprint density at radius 3 is 1.94 bits per heavy atom. The Bertz CT molecular complexity index is 252. The first-order chi connectivity index (χ1) is 8.72. The highest BCUT2D eigenvalue weighted by atomic mass is 15.2. The van der Waals surface area contributed by atoms with Gasteiger partial charge in [-0.2, -0.15) is 0 Å². The lowest BCUT2D eigenvalue weighted by molar-refractivity contribution is 0.146. The van der Waals surface area contributed by atoms with E-state index < -0.39 is 0 Å². The topological polar surface area (TPSA) is 15.3 Å². The Morgan fingerprint density at radius 1 is 0.944 bits per heavy atom. The fourth-order valence-corrected chi connectivity index (χ4v) is 2.84. The Labute approximate surface area is 113 Å². The highest BCUT2D eigenvalue weighted by molar-refractivity contribution is 4.88. The molecule has 0 aromatic carbocycles. The summed E-state index contributed by atoms with van der Waals surface area (Å²) in [6, 6.07) is 1.62. The second kappa shape index (κ2) is 5.50. The molecular formula is C16H30N2. The molecule has 3 saturated carbocycles. The zero-order valence-electron chi connectivity index (χ0n) is 12.2.